The molecule has 136 valence electrons. The summed E-state index contributed by atoms with van der Waals surface area (Å²) >= 11 is 0. The van der Waals surface area contributed by atoms with E-state index in [1.807, 2.05) is 19.1 Å². The first-order valence-electron chi connectivity index (χ1n) is 8.36. The van der Waals surface area contributed by atoms with E-state index in [4.69, 9.17) is 5.73 Å². The van der Waals surface area contributed by atoms with Gasteiger partial charge in [-0.2, -0.15) is 8.42 Å². The van der Waals surface area contributed by atoms with E-state index in [-0.39, 0.29) is 10.6 Å². The van der Waals surface area contributed by atoms with Crippen LogP contribution in [0.25, 0.3) is 11.0 Å². The number of rotatable bonds is 2. The van der Waals surface area contributed by atoms with E-state index < -0.39 is 10.3 Å². The lowest BCUT2D eigenvalue weighted by atomic mass is 9.93. The van der Waals surface area contributed by atoms with Crippen molar-refractivity contribution in [1.29, 1.82) is 0 Å². The van der Waals surface area contributed by atoms with Gasteiger partial charge in [0.25, 0.3) is 0 Å². The van der Waals surface area contributed by atoms with E-state index in [9.17, 15) is 8.42 Å². The zero-order valence-electron chi connectivity index (χ0n) is 14.2. The Morgan fingerprint density at radius 1 is 1.27 bits per heavy atom. The zero-order valence-corrected chi connectivity index (χ0v) is 15.0. The second kappa shape index (κ2) is 6.45. The number of nitrogens with one attached hydrogen (secondary N) is 2. The Morgan fingerprint density at radius 2 is 2.12 bits per heavy atom. The molecule has 1 atom stereocenters. The van der Waals surface area contributed by atoms with E-state index in [1.54, 1.807) is 0 Å². The van der Waals surface area contributed by atoms with E-state index in [1.165, 1.54) is 6.33 Å². The summed E-state index contributed by atoms with van der Waals surface area (Å²) < 4.78 is 22.7. The second-order valence-electron chi connectivity index (χ2n) is 6.43. The second-order valence-corrected chi connectivity index (χ2v) is 7.31. The minimum atomic E-state index is -2.28. The van der Waals surface area contributed by atoms with Gasteiger partial charge in [-0.1, -0.05) is 0 Å². The third kappa shape index (κ3) is 2.81. The molecule has 26 heavy (non-hydrogen) atoms. The van der Waals surface area contributed by atoms with Crippen molar-refractivity contribution in [2.45, 2.75) is 25.7 Å². The van der Waals surface area contributed by atoms with Crippen LogP contribution >= 0.6 is 0 Å². The van der Waals surface area contributed by atoms with Crippen molar-refractivity contribution in [2.75, 3.05) is 23.7 Å². The number of anilines is 2. The summed E-state index contributed by atoms with van der Waals surface area (Å²) in [6, 6.07) is 3.83. The summed E-state index contributed by atoms with van der Waals surface area (Å²) in [6.07, 6.45) is 3.40. The molecule has 9 nitrogen and oxygen atoms in total. The van der Waals surface area contributed by atoms with Crippen LogP contribution < -0.4 is 10.6 Å². The minimum absolute atomic E-state index is 0.194. The van der Waals surface area contributed by atoms with Crippen LogP contribution in [0, 0.1) is 11.6 Å². The molecule has 10 heteroatoms. The van der Waals surface area contributed by atoms with Gasteiger partial charge in [0.05, 0.1) is 5.52 Å². The van der Waals surface area contributed by atoms with E-state index in [0.717, 1.165) is 43.0 Å². The third-order valence-electron chi connectivity index (χ3n) is 4.87. The molecule has 0 radical (unpaired) electrons. The number of fused-ring (bicyclic) bond motifs is 1. The number of nitrogens with zero attached hydrogens (tertiary/aromatic N) is 4. The van der Waals surface area contributed by atoms with Crippen LogP contribution in [-0.4, -0.2) is 46.7 Å². The summed E-state index contributed by atoms with van der Waals surface area (Å²) in [5.74, 6) is 1.38. The lowest BCUT2D eigenvalue weighted by molar-refractivity contribution is 0.497. The number of hydrogen-bond acceptors (Lipinski definition) is 7. The standard InChI is InChI=1S/C16H19N7O2S/c1-9-13(21-22-16(9)26(24)25)10-3-2-6-23(7-10)12-5-4-11-14(20-12)15(17)19-8-18-11/h4-5,8,10,21-22H,2-3,6-7H2,1H3,(H2,17,18,19). The van der Waals surface area contributed by atoms with Crippen molar-refractivity contribution < 1.29 is 8.42 Å². The molecule has 1 unspecified atom stereocenters. The monoisotopic (exact) mass is 373 g/mol. The smallest absolute Gasteiger partial charge is 0.239 e. The molecule has 0 spiro atoms. The molecule has 0 saturated carbocycles. The fraction of sp³-hybridized carbons (Fsp3) is 0.375. The van der Waals surface area contributed by atoms with Gasteiger partial charge in [0, 0.05) is 30.3 Å². The number of aromatic nitrogens is 5. The van der Waals surface area contributed by atoms with Crippen LogP contribution in [0.2, 0.25) is 0 Å². The van der Waals surface area contributed by atoms with Crippen molar-refractivity contribution in [3.8, 4) is 0 Å². The third-order valence-corrected chi connectivity index (χ3v) is 5.61. The quantitative estimate of drug-likeness (QED) is 0.578. The number of nitrogen functional groups attached to an aromatic ring is 1. The van der Waals surface area contributed by atoms with Gasteiger partial charge in [0.1, 0.15) is 17.7 Å². The van der Waals surface area contributed by atoms with Crippen molar-refractivity contribution in [2.24, 2.45) is 0 Å². The molecule has 1 aliphatic rings. The number of aromatic amines is 2. The number of H-pyrrole nitrogens is 2. The molecule has 4 N–H and O–H groups in total. The molecule has 0 bridgehead atoms. The van der Waals surface area contributed by atoms with E-state index in [2.05, 4.69) is 30.0 Å². The number of hydrogen-bond donors (Lipinski definition) is 3. The molecule has 4 heterocycles. The highest BCUT2D eigenvalue weighted by molar-refractivity contribution is 7.63. The topological polar surface area (TPSA) is 134 Å². The largest absolute Gasteiger partial charge is 0.382 e. The lowest BCUT2D eigenvalue weighted by Crippen LogP contribution is -2.35. The average molecular weight is 373 g/mol. The van der Waals surface area contributed by atoms with Crippen molar-refractivity contribution in [1.82, 2.24) is 25.1 Å². The van der Waals surface area contributed by atoms with Crippen LogP contribution in [-0.2, 0) is 10.3 Å². The Labute approximate surface area is 150 Å². The Balaban J connectivity index is 1.67. The van der Waals surface area contributed by atoms with Gasteiger partial charge < -0.3 is 15.7 Å². The number of nitrogens with two attached hydrogens (primary N) is 1. The normalized spacial score (nSPS) is 17.6. The van der Waals surface area contributed by atoms with Gasteiger partial charge in [-0.05, 0) is 31.9 Å². The van der Waals surface area contributed by atoms with Crippen LogP contribution in [0.4, 0.5) is 11.6 Å². The summed E-state index contributed by atoms with van der Waals surface area (Å²) in [4.78, 5) is 15.0. The number of piperidine rings is 1. The van der Waals surface area contributed by atoms with Crippen molar-refractivity contribution in [3.05, 3.63) is 34.4 Å². The average Bonchev–Trinajstić information content (AvgIpc) is 3.04. The van der Waals surface area contributed by atoms with Gasteiger partial charge in [0.15, 0.2) is 10.5 Å². The minimum Gasteiger partial charge on any atom is -0.382 e. The Morgan fingerprint density at radius 3 is 2.88 bits per heavy atom. The Hall–Kier alpha value is -2.88. The van der Waals surface area contributed by atoms with Crippen LogP contribution in [0.3, 0.4) is 0 Å². The Kier molecular flexibility index (Phi) is 4.11. The van der Waals surface area contributed by atoms with Gasteiger partial charge >= 0.3 is 0 Å². The molecule has 1 saturated heterocycles. The van der Waals surface area contributed by atoms with Gasteiger partial charge in [-0.3, -0.25) is 5.10 Å². The Bertz CT molecular complexity index is 1140. The lowest BCUT2D eigenvalue weighted by Gasteiger charge is -2.33. The van der Waals surface area contributed by atoms with Gasteiger partial charge in [0.2, 0.25) is 10.3 Å². The summed E-state index contributed by atoms with van der Waals surface area (Å²) in [5.41, 5.74) is 8.91. The SMILES string of the molecule is Cc1c(C2CCCN(c3ccc4ncnc(N)c4n3)C2)[nH][nH]c1=S(=O)=O. The molecule has 1 fully saturated rings. The maximum absolute atomic E-state index is 11.3. The van der Waals surface area contributed by atoms with Crippen molar-refractivity contribution in [3.63, 3.8) is 0 Å². The molecule has 1 aliphatic heterocycles. The van der Waals surface area contributed by atoms with Crippen LogP contribution in [0.1, 0.15) is 30.0 Å². The van der Waals surface area contributed by atoms with E-state index in [0.29, 0.717) is 16.9 Å². The summed E-state index contributed by atoms with van der Waals surface area (Å²) in [5, 5.41) is 5.78. The fourth-order valence-corrected chi connectivity index (χ4v) is 4.05. The first kappa shape index (κ1) is 16.6. The molecule has 3 aromatic rings. The molecule has 0 aliphatic carbocycles. The molecule has 3 aromatic heterocycles. The summed E-state index contributed by atoms with van der Waals surface area (Å²) in [6.45, 7) is 3.44. The summed E-state index contributed by atoms with van der Waals surface area (Å²) in [7, 11) is -2.28. The van der Waals surface area contributed by atoms with Crippen molar-refractivity contribution >= 4 is 33.0 Å². The highest BCUT2D eigenvalue weighted by atomic mass is 32.2. The maximum atomic E-state index is 11.3. The van der Waals surface area contributed by atoms with Crippen LogP contribution in [0.5, 0.6) is 0 Å². The molecular weight excluding hydrogens is 354 g/mol. The highest BCUT2D eigenvalue weighted by Gasteiger charge is 2.25. The number of pyridine rings is 1. The van der Waals surface area contributed by atoms with Gasteiger partial charge in [-0.15, -0.1) is 0 Å². The predicted octanol–water partition coefficient (Wildman–Crippen LogP) is 1.37. The predicted molar refractivity (Wildman–Crippen MR) is 98.0 cm³/mol. The first-order chi connectivity index (χ1) is 12.5. The molecule has 0 aromatic carbocycles. The highest BCUT2D eigenvalue weighted by Crippen LogP contribution is 2.30. The van der Waals surface area contributed by atoms with E-state index >= 15 is 0 Å². The molecular formula is C16H19N7O2S. The maximum Gasteiger partial charge on any atom is 0.239 e. The molecule has 4 rings (SSSR count). The zero-order chi connectivity index (χ0) is 18.3. The molecule has 0 amide bonds. The van der Waals surface area contributed by atoms with Gasteiger partial charge in [-0.25, -0.2) is 15.0 Å². The fourth-order valence-electron chi connectivity index (χ4n) is 3.55. The first-order valence-corrected chi connectivity index (χ1v) is 9.43. The van der Waals surface area contributed by atoms with Crippen LogP contribution in [0.15, 0.2) is 18.5 Å².